The Balaban J connectivity index is 1.75. The Kier molecular flexibility index (Phi) is 5.06. The van der Waals surface area contributed by atoms with Gasteiger partial charge in [0, 0.05) is 18.7 Å². The molecule has 6 heteroatoms. The van der Waals surface area contributed by atoms with Gasteiger partial charge in [-0.2, -0.15) is 5.10 Å². The van der Waals surface area contributed by atoms with Gasteiger partial charge in [-0.3, -0.25) is 4.79 Å². The summed E-state index contributed by atoms with van der Waals surface area (Å²) in [6.07, 6.45) is 1.07. The van der Waals surface area contributed by atoms with Crippen LogP contribution < -0.4 is 5.32 Å². The van der Waals surface area contributed by atoms with Crippen LogP contribution >= 0.6 is 15.9 Å². The summed E-state index contributed by atoms with van der Waals surface area (Å²) in [4.78, 5) is 14.6. The zero-order valence-corrected chi connectivity index (χ0v) is 15.9. The van der Waals surface area contributed by atoms with Crippen LogP contribution in [0.4, 0.5) is 0 Å². The van der Waals surface area contributed by atoms with Gasteiger partial charge in [-0.15, -0.1) is 0 Å². The van der Waals surface area contributed by atoms with E-state index in [1.165, 1.54) is 0 Å². The number of carbonyl (C=O) groups is 1. The molecule has 1 N–H and O–H groups in total. The highest BCUT2D eigenvalue weighted by molar-refractivity contribution is 9.10. The van der Waals surface area contributed by atoms with Crippen molar-refractivity contribution in [3.05, 3.63) is 45.7 Å². The molecule has 0 spiro atoms. The average Bonchev–Trinajstić information content (AvgIpc) is 3.15. The molecule has 5 nitrogen and oxygen atoms in total. The average molecular weight is 391 g/mol. The monoisotopic (exact) mass is 390 g/mol. The van der Waals surface area contributed by atoms with E-state index in [2.05, 4.69) is 26.3 Å². The first-order valence-corrected chi connectivity index (χ1v) is 9.06. The second-order valence-corrected chi connectivity index (χ2v) is 7.20. The molecule has 2 aromatic rings. The van der Waals surface area contributed by atoms with Crippen molar-refractivity contribution in [2.75, 3.05) is 26.7 Å². The maximum atomic E-state index is 12.6. The number of likely N-dealkylation sites (tertiary alicyclic amines) is 1. The number of hydrogen-bond donors (Lipinski definition) is 1. The third kappa shape index (κ3) is 3.26. The largest absolute Gasteiger partial charge is 0.338 e. The molecule has 3 rings (SSSR count). The number of aromatic nitrogens is 2. The Bertz CT molecular complexity index is 738. The Labute approximate surface area is 151 Å². The number of rotatable bonds is 4. The molecule has 0 radical (unpaired) electrons. The van der Waals surface area contributed by atoms with Crippen molar-refractivity contribution in [2.24, 2.45) is 5.92 Å². The third-order valence-corrected chi connectivity index (χ3v) is 5.78. The fourth-order valence-electron chi connectivity index (χ4n) is 3.28. The van der Waals surface area contributed by atoms with Crippen molar-refractivity contribution in [2.45, 2.75) is 20.3 Å². The molecule has 128 valence electrons. The fraction of sp³-hybridized carbons (Fsp3) is 0.444. The number of nitrogens with zero attached hydrogens (tertiary/aromatic N) is 3. The van der Waals surface area contributed by atoms with Gasteiger partial charge in [0.25, 0.3) is 5.91 Å². The van der Waals surface area contributed by atoms with Crippen molar-refractivity contribution in [1.82, 2.24) is 20.0 Å². The van der Waals surface area contributed by atoms with Gasteiger partial charge < -0.3 is 10.2 Å². The minimum Gasteiger partial charge on any atom is -0.338 e. The number of hydrogen-bond acceptors (Lipinski definition) is 3. The Hall–Kier alpha value is -1.66. The van der Waals surface area contributed by atoms with E-state index in [0.29, 0.717) is 5.92 Å². The highest BCUT2D eigenvalue weighted by Gasteiger charge is 2.26. The Morgan fingerprint density at radius 3 is 2.62 bits per heavy atom. The van der Waals surface area contributed by atoms with E-state index in [1.807, 2.05) is 54.7 Å². The van der Waals surface area contributed by atoms with Crippen molar-refractivity contribution < 1.29 is 4.79 Å². The lowest BCUT2D eigenvalue weighted by Crippen LogP contribution is -2.30. The van der Waals surface area contributed by atoms with Gasteiger partial charge in [-0.1, -0.05) is 0 Å². The predicted molar refractivity (Wildman–Crippen MR) is 98.7 cm³/mol. The molecular formula is C18H23BrN4O. The second-order valence-electron chi connectivity index (χ2n) is 6.41. The van der Waals surface area contributed by atoms with E-state index < -0.39 is 0 Å². The summed E-state index contributed by atoms with van der Waals surface area (Å²) in [6, 6.07) is 7.71. The van der Waals surface area contributed by atoms with E-state index in [0.717, 1.165) is 53.2 Å². The molecule has 0 aliphatic carbocycles. The lowest BCUT2D eigenvalue weighted by atomic mass is 10.1. The molecule has 2 heterocycles. The molecule has 0 bridgehead atoms. The summed E-state index contributed by atoms with van der Waals surface area (Å²) in [5.74, 6) is 0.681. The summed E-state index contributed by atoms with van der Waals surface area (Å²) in [6.45, 7) is 6.65. The van der Waals surface area contributed by atoms with Crippen LogP contribution in [0.5, 0.6) is 0 Å². The SMILES string of the molecule is CNC[C@H]1CCN(C(=O)c2ccc(-n3nc(C)c(Br)c3C)cc2)C1. The first-order chi connectivity index (χ1) is 11.5. The van der Waals surface area contributed by atoms with Crippen LogP contribution in [0.3, 0.4) is 0 Å². The van der Waals surface area contributed by atoms with E-state index in [9.17, 15) is 4.79 Å². The van der Waals surface area contributed by atoms with Crippen LogP contribution in [0, 0.1) is 19.8 Å². The molecular weight excluding hydrogens is 368 g/mol. The zero-order valence-electron chi connectivity index (χ0n) is 14.3. The van der Waals surface area contributed by atoms with Crippen molar-refractivity contribution in [3.8, 4) is 5.69 Å². The summed E-state index contributed by atoms with van der Waals surface area (Å²) >= 11 is 3.55. The first-order valence-electron chi connectivity index (χ1n) is 8.27. The molecule has 1 saturated heterocycles. The van der Waals surface area contributed by atoms with Gasteiger partial charge in [0.2, 0.25) is 0 Å². The van der Waals surface area contributed by atoms with Gasteiger partial charge in [0.05, 0.1) is 21.5 Å². The smallest absolute Gasteiger partial charge is 0.253 e. The summed E-state index contributed by atoms with van der Waals surface area (Å²) in [5, 5.41) is 7.72. The summed E-state index contributed by atoms with van der Waals surface area (Å²) < 4.78 is 2.92. The predicted octanol–water partition coefficient (Wildman–Crippen LogP) is 2.93. The molecule has 0 unspecified atom stereocenters. The lowest BCUT2D eigenvalue weighted by Gasteiger charge is -2.17. The van der Waals surface area contributed by atoms with Crippen molar-refractivity contribution in [3.63, 3.8) is 0 Å². The number of benzene rings is 1. The third-order valence-electron chi connectivity index (χ3n) is 4.63. The van der Waals surface area contributed by atoms with Crippen LogP contribution in [0.25, 0.3) is 5.69 Å². The molecule has 1 aromatic heterocycles. The van der Waals surface area contributed by atoms with Crippen LogP contribution in [-0.2, 0) is 0 Å². The molecule has 1 aromatic carbocycles. The maximum Gasteiger partial charge on any atom is 0.253 e. The van der Waals surface area contributed by atoms with E-state index >= 15 is 0 Å². The molecule has 0 saturated carbocycles. The minimum atomic E-state index is 0.120. The maximum absolute atomic E-state index is 12.6. The number of aryl methyl sites for hydroxylation is 1. The summed E-state index contributed by atoms with van der Waals surface area (Å²) in [7, 11) is 1.96. The summed E-state index contributed by atoms with van der Waals surface area (Å²) in [5.41, 5.74) is 3.72. The van der Waals surface area contributed by atoms with Crippen molar-refractivity contribution in [1.29, 1.82) is 0 Å². The molecule has 1 aliphatic rings. The molecule has 1 fully saturated rings. The Morgan fingerprint density at radius 1 is 1.33 bits per heavy atom. The van der Waals surface area contributed by atoms with Crippen LogP contribution in [-0.4, -0.2) is 47.3 Å². The number of nitrogens with one attached hydrogen (secondary N) is 1. The second kappa shape index (κ2) is 7.07. The molecule has 1 aliphatic heterocycles. The van der Waals surface area contributed by atoms with E-state index in [4.69, 9.17) is 0 Å². The quantitative estimate of drug-likeness (QED) is 0.872. The number of carbonyl (C=O) groups excluding carboxylic acids is 1. The molecule has 24 heavy (non-hydrogen) atoms. The highest BCUT2D eigenvalue weighted by atomic mass is 79.9. The zero-order chi connectivity index (χ0) is 17.3. The van der Waals surface area contributed by atoms with Gasteiger partial charge in [0.1, 0.15) is 0 Å². The number of halogens is 1. The minimum absolute atomic E-state index is 0.120. The Morgan fingerprint density at radius 2 is 2.04 bits per heavy atom. The van der Waals surface area contributed by atoms with Crippen LogP contribution in [0.1, 0.15) is 28.2 Å². The van der Waals surface area contributed by atoms with Gasteiger partial charge in [0.15, 0.2) is 0 Å². The topological polar surface area (TPSA) is 50.2 Å². The lowest BCUT2D eigenvalue weighted by molar-refractivity contribution is 0.0787. The van der Waals surface area contributed by atoms with Crippen LogP contribution in [0.15, 0.2) is 28.7 Å². The first kappa shape index (κ1) is 17.2. The van der Waals surface area contributed by atoms with Crippen LogP contribution in [0.2, 0.25) is 0 Å². The number of amides is 1. The van der Waals surface area contributed by atoms with Gasteiger partial charge in [-0.25, -0.2) is 4.68 Å². The molecule has 1 amide bonds. The van der Waals surface area contributed by atoms with Gasteiger partial charge in [-0.05, 0) is 80.0 Å². The fourth-order valence-corrected chi connectivity index (χ4v) is 3.52. The standard InChI is InChI=1S/C18H23BrN4O/c1-12-17(19)13(2)23(21-12)16-6-4-15(5-7-16)18(24)22-9-8-14(11-22)10-20-3/h4-7,14,20H,8-11H2,1-3H3/t14-/m1/s1. The molecule has 1 atom stereocenters. The normalized spacial score (nSPS) is 17.5. The van der Waals surface area contributed by atoms with E-state index in [1.54, 1.807) is 0 Å². The van der Waals surface area contributed by atoms with Crippen molar-refractivity contribution >= 4 is 21.8 Å². The van der Waals surface area contributed by atoms with Gasteiger partial charge >= 0.3 is 0 Å². The highest BCUT2D eigenvalue weighted by Crippen LogP contribution is 2.24. The van der Waals surface area contributed by atoms with E-state index in [-0.39, 0.29) is 5.91 Å².